The van der Waals surface area contributed by atoms with Crippen LogP contribution in [0, 0.1) is 0 Å². The molecule has 2 N–H and O–H groups in total. The quantitative estimate of drug-likeness (QED) is 0.459. The molecular weight excluding hydrogens is 442 g/mol. The fourth-order valence-electron chi connectivity index (χ4n) is 4.66. The van der Waals surface area contributed by atoms with Crippen LogP contribution in [0.1, 0.15) is 64.2 Å². The monoisotopic (exact) mass is 469 g/mol. The van der Waals surface area contributed by atoms with E-state index in [9.17, 15) is 4.79 Å². The predicted molar refractivity (Wildman–Crippen MR) is 132 cm³/mol. The van der Waals surface area contributed by atoms with Crippen LogP contribution in [0.3, 0.4) is 0 Å². The Morgan fingerprint density at radius 3 is 2.66 bits per heavy atom. The zero-order valence-corrected chi connectivity index (χ0v) is 19.9. The maximum atomic E-state index is 13.7. The number of hydrogen-bond acceptors (Lipinski definition) is 7. The minimum atomic E-state index is -0.173. The molecule has 0 radical (unpaired) electrons. The molecule has 0 atom stereocenters. The topological polar surface area (TPSA) is 112 Å². The Labute approximate surface area is 203 Å². The lowest BCUT2D eigenvalue weighted by Crippen LogP contribution is -2.32. The van der Waals surface area contributed by atoms with Crippen LogP contribution in [-0.2, 0) is 38.0 Å². The van der Waals surface area contributed by atoms with Crippen LogP contribution in [-0.4, -0.2) is 30.6 Å². The molecule has 1 aliphatic heterocycles. The third kappa shape index (κ3) is 3.91. The molecule has 0 unspecified atom stereocenters. The summed E-state index contributed by atoms with van der Waals surface area (Å²) in [6, 6.07) is 8.03. The molecule has 1 aromatic carbocycles. The summed E-state index contributed by atoms with van der Waals surface area (Å²) in [5.74, 6) is 2.30. The summed E-state index contributed by atoms with van der Waals surface area (Å²) in [6.45, 7) is 3.42. The molecular formula is C26H27N7O2. The van der Waals surface area contributed by atoms with Crippen molar-refractivity contribution < 1.29 is 9.53 Å². The molecule has 6 rings (SSSR count). The Balaban J connectivity index is 1.37. The molecule has 4 heterocycles. The second-order valence-electron chi connectivity index (χ2n) is 9.26. The van der Waals surface area contributed by atoms with E-state index in [0.717, 1.165) is 58.4 Å². The van der Waals surface area contributed by atoms with Crippen LogP contribution in [0.25, 0.3) is 10.9 Å². The minimum Gasteiger partial charge on any atom is -0.383 e. The van der Waals surface area contributed by atoms with Gasteiger partial charge in [-0.25, -0.2) is 15.0 Å². The largest absolute Gasteiger partial charge is 0.383 e. The molecule has 0 spiro atoms. The highest BCUT2D eigenvalue weighted by atomic mass is 16.5. The van der Waals surface area contributed by atoms with Crippen molar-refractivity contribution in [1.82, 2.24) is 24.7 Å². The minimum absolute atomic E-state index is 0.173. The number of nitrogens with two attached hydrogens (primary N) is 1. The highest BCUT2D eigenvalue weighted by Gasteiger charge is 2.28. The lowest BCUT2D eigenvalue weighted by molar-refractivity contribution is 0.0982. The molecule has 0 bridgehead atoms. The normalized spacial score (nSPS) is 14.9. The number of anilines is 2. The van der Waals surface area contributed by atoms with Crippen molar-refractivity contribution in [1.29, 1.82) is 0 Å². The summed E-state index contributed by atoms with van der Waals surface area (Å²) in [5.41, 5.74) is 11.4. The van der Waals surface area contributed by atoms with E-state index in [-0.39, 0.29) is 5.91 Å². The van der Waals surface area contributed by atoms with Gasteiger partial charge in [0.2, 0.25) is 0 Å². The first-order valence-corrected chi connectivity index (χ1v) is 12.0. The SMILES string of the molecule is CCc1cc(N(Cc2ccc3c4c(c(N)nc3c2)COC4)C(=O)c2cnc(C3CC3)nc2)n(C)n1. The zero-order chi connectivity index (χ0) is 24.1. The van der Waals surface area contributed by atoms with E-state index in [1.54, 1.807) is 22.0 Å². The summed E-state index contributed by atoms with van der Waals surface area (Å²) < 4.78 is 7.34. The Kier molecular flexibility index (Phi) is 5.21. The second kappa shape index (κ2) is 8.42. The van der Waals surface area contributed by atoms with Gasteiger partial charge < -0.3 is 10.5 Å². The Morgan fingerprint density at radius 1 is 1.17 bits per heavy atom. The lowest BCUT2D eigenvalue weighted by atomic mass is 10.0. The van der Waals surface area contributed by atoms with Crippen molar-refractivity contribution in [2.75, 3.05) is 10.6 Å². The van der Waals surface area contributed by atoms with Crippen LogP contribution in [0.4, 0.5) is 11.6 Å². The molecule has 1 fully saturated rings. The standard InChI is InChI=1S/C26H27N7O2/c1-3-18-9-23(32(2)31-18)33(26(34)17-10-28-25(29-11-17)16-5-6-16)12-15-4-7-19-20-13-35-14-21(20)24(27)30-22(19)8-15/h4,7-11,16H,3,5-6,12-14H2,1-2H3,(H2,27,30). The fraction of sp³-hybridized carbons (Fsp3) is 0.346. The molecule has 9 heteroatoms. The molecule has 9 nitrogen and oxygen atoms in total. The molecule has 35 heavy (non-hydrogen) atoms. The average Bonchev–Trinajstić information content (AvgIpc) is 3.47. The number of nitrogens with zero attached hydrogens (tertiary/aromatic N) is 6. The van der Waals surface area contributed by atoms with Crippen molar-refractivity contribution in [2.24, 2.45) is 7.05 Å². The third-order valence-corrected chi connectivity index (χ3v) is 6.79. The zero-order valence-electron chi connectivity index (χ0n) is 19.9. The summed E-state index contributed by atoms with van der Waals surface area (Å²) >= 11 is 0. The van der Waals surface area contributed by atoms with E-state index in [4.69, 9.17) is 10.5 Å². The predicted octanol–water partition coefficient (Wildman–Crippen LogP) is 3.66. The number of fused-ring (bicyclic) bond motifs is 3. The van der Waals surface area contributed by atoms with Crippen molar-refractivity contribution in [3.05, 3.63) is 70.4 Å². The van der Waals surface area contributed by atoms with Gasteiger partial charge >= 0.3 is 0 Å². The number of nitrogen functional groups attached to an aromatic ring is 1. The number of ether oxygens (including phenoxy) is 1. The van der Waals surface area contributed by atoms with Crippen LogP contribution in [0.2, 0.25) is 0 Å². The maximum Gasteiger partial charge on any atom is 0.262 e. The number of aryl methyl sites for hydroxylation is 2. The van der Waals surface area contributed by atoms with E-state index in [1.165, 1.54) is 0 Å². The maximum absolute atomic E-state index is 13.7. The number of carbonyl (C=O) groups is 1. The molecule has 1 saturated carbocycles. The highest BCUT2D eigenvalue weighted by molar-refractivity contribution is 6.05. The van der Waals surface area contributed by atoms with E-state index < -0.39 is 0 Å². The van der Waals surface area contributed by atoms with Crippen molar-refractivity contribution in [3.63, 3.8) is 0 Å². The van der Waals surface area contributed by atoms with Crippen molar-refractivity contribution >= 4 is 28.4 Å². The van der Waals surface area contributed by atoms with Gasteiger partial charge in [0.15, 0.2) is 0 Å². The van der Waals surface area contributed by atoms with E-state index in [0.29, 0.717) is 42.9 Å². The van der Waals surface area contributed by atoms with Crippen LogP contribution in [0.5, 0.6) is 0 Å². The van der Waals surface area contributed by atoms with Gasteiger partial charge in [0.05, 0.1) is 36.5 Å². The molecule has 178 valence electrons. The first kappa shape index (κ1) is 21.7. The number of hydrogen-bond donors (Lipinski definition) is 1. The summed E-state index contributed by atoms with van der Waals surface area (Å²) in [7, 11) is 1.85. The van der Waals surface area contributed by atoms with Crippen molar-refractivity contribution in [2.45, 2.75) is 51.9 Å². The van der Waals surface area contributed by atoms with Crippen LogP contribution < -0.4 is 10.6 Å². The van der Waals surface area contributed by atoms with Gasteiger partial charge in [-0.1, -0.05) is 19.1 Å². The first-order chi connectivity index (χ1) is 17.0. The highest BCUT2D eigenvalue weighted by Crippen LogP contribution is 2.37. The molecule has 0 saturated heterocycles. The van der Waals surface area contributed by atoms with Gasteiger partial charge in [-0.15, -0.1) is 0 Å². The smallest absolute Gasteiger partial charge is 0.262 e. The van der Waals surface area contributed by atoms with E-state index in [1.807, 2.05) is 38.2 Å². The van der Waals surface area contributed by atoms with Gasteiger partial charge in [0.25, 0.3) is 5.91 Å². The van der Waals surface area contributed by atoms with Gasteiger partial charge in [-0.05, 0) is 36.5 Å². The van der Waals surface area contributed by atoms with Crippen molar-refractivity contribution in [3.8, 4) is 0 Å². The number of pyridine rings is 1. The molecule has 3 aromatic heterocycles. The van der Waals surface area contributed by atoms with Crippen LogP contribution in [0.15, 0.2) is 36.7 Å². The van der Waals surface area contributed by atoms with E-state index >= 15 is 0 Å². The first-order valence-electron chi connectivity index (χ1n) is 12.0. The lowest BCUT2D eigenvalue weighted by Gasteiger charge is -2.23. The van der Waals surface area contributed by atoms with E-state index in [2.05, 4.69) is 20.1 Å². The average molecular weight is 470 g/mol. The van der Waals surface area contributed by atoms with Gasteiger partial charge in [-0.2, -0.15) is 5.10 Å². The fourth-order valence-corrected chi connectivity index (χ4v) is 4.66. The number of benzene rings is 1. The third-order valence-electron chi connectivity index (χ3n) is 6.79. The Hall–Kier alpha value is -3.85. The molecule has 2 aliphatic rings. The van der Waals surface area contributed by atoms with Gasteiger partial charge in [0.1, 0.15) is 17.5 Å². The van der Waals surface area contributed by atoms with Crippen LogP contribution >= 0.6 is 0 Å². The van der Waals surface area contributed by atoms with Gasteiger partial charge in [-0.3, -0.25) is 14.4 Å². The number of rotatable bonds is 6. The molecule has 1 aliphatic carbocycles. The summed E-state index contributed by atoms with van der Waals surface area (Å²) in [5, 5.41) is 5.60. The Morgan fingerprint density at radius 2 is 1.94 bits per heavy atom. The Bertz CT molecular complexity index is 1440. The summed E-state index contributed by atoms with van der Waals surface area (Å²) in [4.78, 5) is 29.0. The molecule has 1 amide bonds. The second-order valence-corrected chi connectivity index (χ2v) is 9.26. The van der Waals surface area contributed by atoms with Gasteiger partial charge in [0, 0.05) is 42.4 Å². The number of amides is 1. The number of carbonyl (C=O) groups excluding carboxylic acids is 1. The molecule has 4 aromatic rings. The number of aromatic nitrogens is 5. The summed E-state index contributed by atoms with van der Waals surface area (Å²) in [6.07, 6.45) is 6.29.